The van der Waals surface area contributed by atoms with Gasteiger partial charge in [0.05, 0.1) is 31.3 Å². The van der Waals surface area contributed by atoms with Crippen LogP contribution in [0.15, 0.2) is 41.1 Å². The number of nitrogens with zero attached hydrogens (tertiary/aromatic N) is 2. The van der Waals surface area contributed by atoms with Gasteiger partial charge in [-0.15, -0.1) is 0 Å². The van der Waals surface area contributed by atoms with Crippen molar-refractivity contribution in [2.75, 3.05) is 5.73 Å². The lowest BCUT2D eigenvalue weighted by Crippen LogP contribution is -1.99. The summed E-state index contributed by atoms with van der Waals surface area (Å²) in [6.45, 7) is 0.977. The standard InChI is InChI=1S/C12H12BrN3O/c13-10-3-1-2-9(4-10)7-17-8-11-5-16-12(14)6-15-11/h1-6H,7-8H2,(H2,14,16). The third kappa shape index (κ3) is 3.80. The molecule has 0 atom stereocenters. The highest BCUT2D eigenvalue weighted by molar-refractivity contribution is 9.10. The zero-order valence-electron chi connectivity index (χ0n) is 9.14. The molecule has 0 bridgehead atoms. The fourth-order valence-corrected chi connectivity index (χ4v) is 1.79. The fraction of sp³-hybridized carbons (Fsp3) is 0.167. The van der Waals surface area contributed by atoms with Crippen LogP contribution in [-0.4, -0.2) is 9.97 Å². The predicted octanol–water partition coefficient (Wildman–Crippen LogP) is 2.54. The van der Waals surface area contributed by atoms with Gasteiger partial charge >= 0.3 is 0 Å². The topological polar surface area (TPSA) is 61.0 Å². The van der Waals surface area contributed by atoms with Crippen LogP contribution in [0.3, 0.4) is 0 Å². The molecule has 2 aromatic rings. The van der Waals surface area contributed by atoms with Gasteiger partial charge in [0.1, 0.15) is 5.82 Å². The van der Waals surface area contributed by atoms with Gasteiger partial charge in [-0.2, -0.15) is 0 Å². The van der Waals surface area contributed by atoms with Gasteiger partial charge in [-0.1, -0.05) is 28.1 Å². The Hall–Kier alpha value is -1.46. The fourth-order valence-electron chi connectivity index (χ4n) is 1.34. The van der Waals surface area contributed by atoms with E-state index in [1.165, 1.54) is 6.20 Å². The lowest BCUT2D eigenvalue weighted by Gasteiger charge is -2.04. The monoisotopic (exact) mass is 293 g/mol. The molecule has 88 valence electrons. The highest BCUT2D eigenvalue weighted by atomic mass is 79.9. The van der Waals surface area contributed by atoms with E-state index in [0.29, 0.717) is 19.0 Å². The molecule has 1 aromatic carbocycles. The minimum absolute atomic E-state index is 0.417. The molecule has 0 radical (unpaired) electrons. The van der Waals surface area contributed by atoms with Crippen LogP contribution in [0, 0.1) is 0 Å². The summed E-state index contributed by atoms with van der Waals surface area (Å²) in [5, 5.41) is 0. The Labute approximate surface area is 108 Å². The molecule has 0 spiro atoms. The normalized spacial score (nSPS) is 10.4. The largest absolute Gasteiger partial charge is 0.382 e. The Morgan fingerprint density at radius 1 is 1.18 bits per heavy atom. The molecule has 2 N–H and O–H groups in total. The minimum atomic E-state index is 0.417. The molecule has 17 heavy (non-hydrogen) atoms. The van der Waals surface area contributed by atoms with Crippen LogP contribution in [0.4, 0.5) is 5.82 Å². The molecule has 0 aliphatic heterocycles. The van der Waals surface area contributed by atoms with Crippen LogP contribution >= 0.6 is 15.9 Å². The second kappa shape index (κ2) is 5.75. The summed E-state index contributed by atoms with van der Waals surface area (Å²) in [5.41, 5.74) is 7.33. The summed E-state index contributed by atoms with van der Waals surface area (Å²) >= 11 is 3.42. The first-order valence-corrected chi connectivity index (χ1v) is 5.92. The molecule has 0 aliphatic rings. The number of hydrogen-bond donors (Lipinski definition) is 1. The maximum absolute atomic E-state index is 5.54. The molecule has 0 saturated carbocycles. The van der Waals surface area contributed by atoms with E-state index >= 15 is 0 Å². The van der Waals surface area contributed by atoms with Crippen molar-refractivity contribution in [3.05, 3.63) is 52.4 Å². The van der Waals surface area contributed by atoms with Crippen LogP contribution in [0.2, 0.25) is 0 Å². The van der Waals surface area contributed by atoms with E-state index in [1.54, 1.807) is 6.20 Å². The minimum Gasteiger partial charge on any atom is -0.382 e. The SMILES string of the molecule is Nc1cnc(COCc2cccc(Br)c2)cn1. The number of halogens is 1. The maximum atomic E-state index is 5.54. The van der Waals surface area contributed by atoms with Gasteiger partial charge in [0.2, 0.25) is 0 Å². The summed E-state index contributed by atoms with van der Waals surface area (Å²) in [4.78, 5) is 8.05. The van der Waals surface area contributed by atoms with Crippen LogP contribution in [0.1, 0.15) is 11.3 Å². The third-order valence-electron chi connectivity index (χ3n) is 2.13. The van der Waals surface area contributed by atoms with Gasteiger partial charge in [-0.25, -0.2) is 4.98 Å². The van der Waals surface area contributed by atoms with Gasteiger partial charge in [0.15, 0.2) is 0 Å². The van der Waals surface area contributed by atoms with Crippen molar-refractivity contribution in [3.63, 3.8) is 0 Å². The van der Waals surface area contributed by atoms with Crippen LogP contribution < -0.4 is 5.73 Å². The number of nitrogen functional groups attached to an aromatic ring is 1. The van der Waals surface area contributed by atoms with E-state index in [1.807, 2.05) is 24.3 Å². The third-order valence-corrected chi connectivity index (χ3v) is 2.63. The van der Waals surface area contributed by atoms with Crippen molar-refractivity contribution in [2.24, 2.45) is 0 Å². The number of ether oxygens (including phenoxy) is 1. The molecule has 0 unspecified atom stereocenters. The molecule has 1 aromatic heterocycles. The van der Waals surface area contributed by atoms with Crippen molar-refractivity contribution in [1.82, 2.24) is 9.97 Å². The Kier molecular flexibility index (Phi) is 4.06. The molecule has 0 saturated heterocycles. The Bertz CT molecular complexity index is 487. The lowest BCUT2D eigenvalue weighted by atomic mass is 10.2. The molecular weight excluding hydrogens is 282 g/mol. The summed E-state index contributed by atoms with van der Waals surface area (Å²) < 4.78 is 6.58. The number of rotatable bonds is 4. The van der Waals surface area contributed by atoms with E-state index in [0.717, 1.165) is 15.7 Å². The van der Waals surface area contributed by atoms with Crippen molar-refractivity contribution < 1.29 is 4.74 Å². The van der Waals surface area contributed by atoms with E-state index in [2.05, 4.69) is 25.9 Å². The van der Waals surface area contributed by atoms with E-state index in [9.17, 15) is 0 Å². The number of aromatic nitrogens is 2. The Morgan fingerprint density at radius 2 is 2.06 bits per heavy atom. The first-order chi connectivity index (χ1) is 8.24. The van der Waals surface area contributed by atoms with Crippen molar-refractivity contribution in [2.45, 2.75) is 13.2 Å². The molecule has 5 heteroatoms. The van der Waals surface area contributed by atoms with Crippen molar-refractivity contribution in [1.29, 1.82) is 0 Å². The van der Waals surface area contributed by atoms with Gasteiger partial charge in [0, 0.05) is 4.47 Å². The van der Waals surface area contributed by atoms with E-state index in [4.69, 9.17) is 10.5 Å². The van der Waals surface area contributed by atoms with Gasteiger partial charge in [-0.3, -0.25) is 4.98 Å². The Morgan fingerprint density at radius 3 is 2.76 bits per heavy atom. The van der Waals surface area contributed by atoms with Gasteiger partial charge in [0.25, 0.3) is 0 Å². The smallest absolute Gasteiger partial charge is 0.141 e. The first-order valence-electron chi connectivity index (χ1n) is 5.12. The van der Waals surface area contributed by atoms with E-state index < -0.39 is 0 Å². The summed E-state index contributed by atoms with van der Waals surface area (Å²) in [7, 11) is 0. The number of benzene rings is 1. The molecule has 0 amide bonds. The van der Waals surface area contributed by atoms with Gasteiger partial charge in [-0.05, 0) is 17.7 Å². The highest BCUT2D eigenvalue weighted by Gasteiger charge is 1.98. The maximum Gasteiger partial charge on any atom is 0.141 e. The number of anilines is 1. The number of hydrogen-bond acceptors (Lipinski definition) is 4. The van der Waals surface area contributed by atoms with Crippen LogP contribution in [0.25, 0.3) is 0 Å². The molecule has 1 heterocycles. The molecule has 0 fully saturated rings. The second-order valence-electron chi connectivity index (χ2n) is 3.56. The quantitative estimate of drug-likeness (QED) is 0.941. The molecule has 2 rings (SSSR count). The number of nitrogens with two attached hydrogens (primary N) is 1. The zero-order chi connectivity index (χ0) is 12.1. The second-order valence-corrected chi connectivity index (χ2v) is 4.47. The molecule has 0 aliphatic carbocycles. The average Bonchev–Trinajstić information content (AvgIpc) is 2.32. The summed E-state index contributed by atoms with van der Waals surface area (Å²) in [5.74, 6) is 0.417. The lowest BCUT2D eigenvalue weighted by molar-refractivity contribution is 0.104. The average molecular weight is 294 g/mol. The predicted molar refractivity (Wildman–Crippen MR) is 69.1 cm³/mol. The Balaban J connectivity index is 1.85. The van der Waals surface area contributed by atoms with Gasteiger partial charge < -0.3 is 10.5 Å². The molecular formula is C12H12BrN3O. The summed E-state index contributed by atoms with van der Waals surface area (Å²) in [6.07, 6.45) is 3.15. The highest BCUT2D eigenvalue weighted by Crippen LogP contribution is 2.12. The van der Waals surface area contributed by atoms with Crippen molar-refractivity contribution in [3.8, 4) is 0 Å². The summed E-state index contributed by atoms with van der Waals surface area (Å²) in [6, 6.07) is 7.99. The first kappa shape index (κ1) is 12.0. The van der Waals surface area contributed by atoms with Crippen LogP contribution in [0.5, 0.6) is 0 Å². The van der Waals surface area contributed by atoms with E-state index in [-0.39, 0.29) is 0 Å². The van der Waals surface area contributed by atoms with Crippen molar-refractivity contribution >= 4 is 21.7 Å². The van der Waals surface area contributed by atoms with Crippen LogP contribution in [-0.2, 0) is 18.0 Å². The zero-order valence-corrected chi connectivity index (χ0v) is 10.7. The molecule has 4 nitrogen and oxygen atoms in total.